The van der Waals surface area contributed by atoms with E-state index >= 15 is 0 Å². The summed E-state index contributed by atoms with van der Waals surface area (Å²) in [5, 5.41) is 3.15. The predicted molar refractivity (Wildman–Crippen MR) is 43.8 cm³/mol. The molecular weight excluding hydrogens is 158 g/mol. The highest BCUT2D eigenvalue weighted by molar-refractivity contribution is 5.75. The van der Waals surface area contributed by atoms with Crippen LogP contribution in [0.4, 0.5) is 0 Å². The minimum Gasteiger partial charge on any atom is -0.464 e. The van der Waals surface area contributed by atoms with Crippen LogP contribution >= 0.6 is 0 Å². The van der Waals surface area contributed by atoms with Crippen LogP contribution in [-0.2, 0) is 14.3 Å². The van der Waals surface area contributed by atoms with Gasteiger partial charge in [-0.15, -0.1) is 0 Å². The number of rotatable bonds is 2. The minimum atomic E-state index is -0.416. The lowest BCUT2D eigenvalue weighted by Gasteiger charge is -2.26. The van der Waals surface area contributed by atoms with Crippen molar-refractivity contribution in [2.75, 3.05) is 19.8 Å². The number of esters is 1. The summed E-state index contributed by atoms with van der Waals surface area (Å²) in [5.41, 5.74) is 0. The first-order chi connectivity index (χ1) is 5.74. The van der Waals surface area contributed by atoms with E-state index in [0.717, 1.165) is 0 Å². The van der Waals surface area contributed by atoms with Crippen LogP contribution < -0.4 is 5.32 Å². The van der Waals surface area contributed by atoms with E-state index in [1.165, 1.54) is 0 Å². The Hall–Kier alpha value is -0.610. The van der Waals surface area contributed by atoms with Crippen LogP contribution in [0.1, 0.15) is 13.8 Å². The fraction of sp³-hybridized carbons (Fsp3) is 0.875. The average Bonchev–Trinajstić information content (AvgIpc) is 2.06. The average molecular weight is 173 g/mol. The van der Waals surface area contributed by atoms with Gasteiger partial charge in [-0.05, 0) is 13.8 Å². The molecule has 4 nitrogen and oxygen atoms in total. The number of nitrogens with one attached hydrogen (secondary N) is 1. The lowest BCUT2D eigenvalue weighted by molar-refractivity contribution is -0.159. The molecule has 0 radical (unpaired) electrons. The first kappa shape index (κ1) is 9.48. The zero-order chi connectivity index (χ0) is 8.97. The van der Waals surface area contributed by atoms with Gasteiger partial charge in [0, 0.05) is 12.6 Å². The Kier molecular flexibility index (Phi) is 3.49. The van der Waals surface area contributed by atoms with Crippen molar-refractivity contribution in [3.8, 4) is 0 Å². The van der Waals surface area contributed by atoms with Gasteiger partial charge in [0.2, 0.25) is 0 Å². The van der Waals surface area contributed by atoms with Crippen LogP contribution in [0.15, 0.2) is 0 Å². The van der Waals surface area contributed by atoms with E-state index in [2.05, 4.69) is 5.32 Å². The van der Waals surface area contributed by atoms with E-state index in [4.69, 9.17) is 9.47 Å². The first-order valence-electron chi connectivity index (χ1n) is 4.25. The summed E-state index contributed by atoms with van der Waals surface area (Å²) in [7, 11) is 0. The van der Waals surface area contributed by atoms with Crippen LogP contribution in [0.2, 0.25) is 0 Å². The number of morpholine rings is 1. The van der Waals surface area contributed by atoms with Crippen LogP contribution in [0.3, 0.4) is 0 Å². The minimum absolute atomic E-state index is 0.267. The second kappa shape index (κ2) is 4.42. The summed E-state index contributed by atoms with van der Waals surface area (Å²) in [5.74, 6) is -0.267. The molecule has 1 N–H and O–H groups in total. The SMILES string of the molecule is CCOC(=O)[C@H]1CN[C@@H](C)CO1. The Morgan fingerprint density at radius 2 is 2.50 bits per heavy atom. The maximum absolute atomic E-state index is 11.1. The van der Waals surface area contributed by atoms with Crippen molar-refractivity contribution in [3.05, 3.63) is 0 Å². The van der Waals surface area contributed by atoms with Crippen molar-refractivity contribution in [2.24, 2.45) is 0 Å². The van der Waals surface area contributed by atoms with Gasteiger partial charge in [0.05, 0.1) is 13.2 Å². The Morgan fingerprint density at radius 3 is 3.00 bits per heavy atom. The Labute approximate surface area is 72.2 Å². The quantitative estimate of drug-likeness (QED) is 0.594. The van der Waals surface area contributed by atoms with Crippen molar-refractivity contribution in [2.45, 2.75) is 26.0 Å². The normalized spacial score (nSPS) is 29.8. The number of carbonyl (C=O) groups excluding carboxylic acids is 1. The van der Waals surface area contributed by atoms with E-state index in [1.54, 1.807) is 6.92 Å². The molecule has 1 rings (SSSR count). The van der Waals surface area contributed by atoms with Gasteiger partial charge in [-0.3, -0.25) is 0 Å². The number of ether oxygens (including phenoxy) is 2. The number of hydrogen-bond donors (Lipinski definition) is 1. The summed E-state index contributed by atoms with van der Waals surface area (Å²) >= 11 is 0. The molecule has 70 valence electrons. The maximum atomic E-state index is 11.1. The second-order valence-electron chi connectivity index (χ2n) is 2.88. The molecule has 0 aliphatic carbocycles. The monoisotopic (exact) mass is 173 g/mol. The Balaban J connectivity index is 2.29. The van der Waals surface area contributed by atoms with E-state index in [9.17, 15) is 4.79 Å². The van der Waals surface area contributed by atoms with Gasteiger partial charge < -0.3 is 14.8 Å². The highest BCUT2D eigenvalue weighted by Gasteiger charge is 2.25. The van der Waals surface area contributed by atoms with Crippen LogP contribution in [0, 0.1) is 0 Å². The largest absolute Gasteiger partial charge is 0.464 e. The Morgan fingerprint density at radius 1 is 1.75 bits per heavy atom. The maximum Gasteiger partial charge on any atom is 0.336 e. The first-order valence-corrected chi connectivity index (χ1v) is 4.25. The lowest BCUT2D eigenvalue weighted by atomic mass is 10.2. The molecule has 1 aliphatic heterocycles. The smallest absolute Gasteiger partial charge is 0.336 e. The molecule has 12 heavy (non-hydrogen) atoms. The third kappa shape index (κ3) is 2.46. The third-order valence-corrected chi connectivity index (χ3v) is 1.75. The van der Waals surface area contributed by atoms with Gasteiger partial charge in [-0.1, -0.05) is 0 Å². The lowest BCUT2D eigenvalue weighted by Crippen LogP contribution is -2.48. The molecule has 1 heterocycles. The van der Waals surface area contributed by atoms with Crippen molar-refractivity contribution >= 4 is 5.97 Å². The second-order valence-corrected chi connectivity index (χ2v) is 2.88. The molecule has 0 bridgehead atoms. The van der Waals surface area contributed by atoms with Gasteiger partial charge in [0.15, 0.2) is 6.10 Å². The zero-order valence-electron chi connectivity index (χ0n) is 7.50. The van der Waals surface area contributed by atoms with E-state index in [-0.39, 0.29) is 5.97 Å². The summed E-state index contributed by atoms with van der Waals surface area (Å²) in [4.78, 5) is 11.1. The molecule has 1 fully saturated rings. The fourth-order valence-electron chi connectivity index (χ4n) is 1.07. The molecule has 4 heteroatoms. The summed E-state index contributed by atoms with van der Waals surface area (Å²) in [6.07, 6.45) is -0.416. The van der Waals surface area contributed by atoms with Crippen LogP contribution in [0.25, 0.3) is 0 Å². The highest BCUT2D eigenvalue weighted by atomic mass is 16.6. The van der Waals surface area contributed by atoms with Crippen molar-refractivity contribution in [3.63, 3.8) is 0 Å². The molecule has 2 atom stereocenters. The van der Waals surface area contributed by atoms with Crippen molar-refractivity contribution in [1.29, 1.82) is 0 Å². The molecule has 0 amide bonds. The molecule has 0 unspecified atom stereocenters. The van der Waals surface area contributed by atoms with Crippen molar-refractivity contribution in [1.82, 2.24) is 5.32 Å². The molecule has 0 spiro atoms. The van der Waals surface area contributed by atoms with E-state index in [0.29, 0.717) is 25.8 Å². The van der Waals surface area contributed by atoms with Crippen molar-refractivity contribution < 1.29 is 14.3 Å². The number of hydrogen-bond acceptors (Lipinski definition) is 4. The molecule has 0 saturated carbocycles. The van der Waals surface area contributed by atoms with Gasteiger partial charge in [-0.25, -0.2) is 4.79 Å². The van der Waals surface area contributed by atoms with Gasteiger partial charge in [-0.2, -0.15) is 0 Å². The Bertz CT molecular complexity index is 152. The summed E-state index contributed by atoms with van der Waals surface area (Å²) in [6, 6.07) is 0.329. The molecular formula is C8H15NO3. The fourth-order valence-corrected chi connectivity index (χ4v) is 1.07. The molecule has 0 aromatic carbocycles. The van der Waals surface area contributed by atoms with Crippen LogP contribution in [0.5, 0.6) is 0 Å². The topological polar surface area (TPSA) is 47.6 Å². The van der Waals surface area contributed by atoms with Gasteiger partial charge >= 0.3 is 5.97 Å². The molecule has 0 aromatic rings. The molecule has 1 saturated heterocycles. The van der Waals surface area contributed by atoms with E-state index < -0.39 is 6.10 Å². The standard InChI is InChI=1S/C8H15NO3/c1-3-11-8(10)7-4-9-6(2)5-12-7/h6-7,9H,3-5H2,1-2H3/t6-,7+/m0/s1. The van der Waals surface area contributed by atoms with Crippen LogP contribution in [-0.4, -0.2) is 37.9 Å². The molecule has 1 aliphatic rings. The van der Waals surface area contributed by atoms with Gasteiger partial charge in [0.1, 0.15) is 0 Å². The highest BCUT2D eigenvalue weighted by Crippen LogP contribution is 2.02. The molecule has 0 aromatic heterocycles. The summed E-state index contributed by atoms with van der Waals surface area (Å²) < 4.78 is 10.1. The predicted octanol–water partition coefficient (Wildman–Crippen LogP) is -0.0736. The van der Waals surface area contributed by atoms with E-state index in [1.807, 2.05) is 6.92 Å². The zero-order valence-corrected chi connectivity index (χ0v) is 7.50. The third-order valence-electron chi connectivity index (χ3n) is 1.75. The summed E-state index contributed by atoms with van der Waals surface area (Å²) in [6.45, 7) is 5.34. The van der Waals surface area contributed by atoms with Gasteiger partial charge in [0.25, 0.3) is 0 Å². The number of carbonyl (C=O) groups is 1.